The van der Waals surface area contributed by atoms with Crippen molar-refractivity contribution in [3.8, 4) is 0 Å². The van der Waals surface area contributed by atoms with Crippen LogP contribution in [0, 0.1) is 0 Å². The van der Waals surface area contributed by atoms with E-state index in [1.807, 2.05) is 98.3 Å². The highest BCUT2D eigenvalue weighted by Crippen LogP contribution is 2.26. The maximum Gasteiger partial charge on any atom is 0.479 e. The molecule has 0 heterocycles. The fourth-order valence-corrected chi connectivity index (χ4v) is 33.6. The van der Waals surface area contributed by atoms with E-state index in [4.69, 9.17) is 38.0 Å². The molecule has 0 aliphatic carbocycles. The van der Waals surface area contributed by atoms with Crippen molar-refractivity contribution in [3.63, 3.8) is 0 Å². The van der Waals surface area contributed by atoms with Crippen LogP contribution in [0.4, 0.5) is 0 Å². The van der Waals surface area contributed by atoms with Crippen LogP contribution in [0.3, 0.4) is 0 Å². The Hall–Kier alpha value is -0.745. The molecule has 1 N–H and O–H groups in total. The van der Waals surface area contributed by atoms with Crippen molar-refractivity contribution in [3.05, 3.63) is 85.2 Å². The van der Waals surface area contributed by atoms with Crippen molar-refractivity contribution in [2.24, 2.45) is 0 Å². The Morgan fingerprint density at radius 2 is 0.796 bits per heavy atom. The molecule has 0 amide bonds. The summed E-state index contributed by atoms with van der Waals surface area (Å²) < 4.78 is 55.1. The molecule has 0 aliphatic heterocycles. The van der Waals surface area contributed by atoms with Gasteiger partial charge in [0.05, 0.1) is 0 Å². The summed E-state index contributed by atoms with van der Waals surface area (Å²) in [6.07, 6.45) is 0. The average Bonchev–Trinajstić information content (AvgIpc) is 3.00. The van der Waals surface area contributed by atoms with Crippen molar-refractivity contribution >= 4 is 78.9 Å². The lowest BCUT2D eigenvalue weighted by atomic mass is 10.4. The predicted octanol–water partition coefficient (Wildman–Crippen LogP) is 6.36. The van der Waals surface area contributed by atoms with E-state index in [1.54, 1.807) is 41.0 Å². The maximum absolute atomic E-state index is 10.2. The fraction of sp³-hybridized carbons (Fsp3) is 0.484. The molecule has 0 aliphatic rings. The highest BCUT2D eigenvalue weighted by atomic mass is 28.5. The second-order valence-electron chi connectivity index (χ2n) is 14.0. The molecule has 0 spiro atoms. The smallest absolute Gasteiger partial charge is 0.430 e. The largest absolute Gasteiger partial charge is 0.479 e. The monoisotopic (exact) mass is 818 g/mol. The normalized spacial score (nSPS) is 17.7. The van der Waals surface area contributed by atoms with E-state index in [0.717, 1.165) is 10.4 Å². The Kier molecular flexibility index (Phi) is 17.3. The molecule has 2 rings (SSSR count). The molecule has 0 radical (unpaired) electrons. The molecule has 2 aromatic carbocycles. The molecule has 0 bridgehead atoms. The van der Waals surface area contributed by atoms with E-state index in [2.05, 4.69) is 45.9 Å². The van der Waals surface area contributed by atoms with Crippen LogP contribution in [0.1, 0.15) is 0 Å². The first kappa shape index (κ1) is 46.3. The Morgan fingerprint density at radius 3 is 1.06 bits per heavy atom. The number of hydrogen-bond donors (Lipinski definition) is 1. The molecular formula is C31H62O10Si8. The Morgan fingerprint density at radius 1 is 0.469 bits per heavy atom. The first-order chi connectivity index (χ1) is 22.3. The van der Waals surface area contributed by atoms with Crippen LogP contribution in [-0.2, 0) is 38.0 Å². The molecule has 4 unspecified atom stereocenters. The average molecular weight is 820 g/mol. The third-order valence-electron chi connectivity index (χ3n) is 7.35. The molecule has 0 saturated carbocycles. The lowest BCUT2D eigenvalue weighted by molar-refractivity contribution is 0.167. The third-order valence-corrected chi connectivity index (χ3v) is 34.9. The van der Waals surface area contributed by atoms with Gasteiger partial charge < -0.3 is 42.8 Å². The van der Waals surface area contributed by atoms with Crippen molar-refractivity contribution in [1.29, 1.82) is 0 Å². The lowest BCUT2D eigenvalue weighted by Crippen LogP contribution is -2.65. The van der Waals surface area contributed by atoms with Crippen molar-refractivity contribution in [1.82, 2.24) is 0 Å². The van der Waals surface area contributed by atoms with E-state index >= 15 is 0 Å². The first-order valence-electron chi connectivity index (χ1n) is 16.2. The van der Waals surface area contributed by atoms with E-state index in [-0.39, 0.29) is 0 Å². The van der Waals surface area contributed by atoms with Crippen molar-refractivity contribution in [2.45, 2.75) is 78.6 Å². The highest BCUT2D eigenvalue weighted by molar-refractivity contribution is 6.96. The van der Waals surface area contributed by atoms with Crippen LogP contribution in [0.25, 0.3) is 0 Å². The van der Waals surface area contributed by atoms with Gasteiger partial charge in [0, 0.05) is 34.4 Å². The molecular weight excluding hydrogens is 757 g/mol. The van der Waals surface area contributed by atoms with E-state index in [9.17, 15) is 4.80 Å². The number of rotatable bonds is 19. The summed E-state index contributed by atoms with van der Waals surface area (Å²) in [5.74, 6) is 0. The van der Waals surface area contributed by atoms with Crippen LogP contribution in [0.15, 0.2) is 85.2 Å². The molecule has 49 heavy (non-hydrogen) atoms. The summed E-state index contributed by atoms with van der Waals surface area (Å²) in [5.41, 5.74) is 3.81. The maximum atomic E-state index is 10.2. The molecule has 0 aromatic heterocycles. The Labute approximate surface area is 305 Å². The first-order valence-corrected chi connectivity index (χ1v) is 37.0. The van der Waals surface area contributed by atoms with Gasteiger partial charge in [-0.1, -0.05) is 72.1 Å². The molecule has 0 saturated heterocycles. The van der Waals surface area contributed by atoms with Gasteiger partial charge in [-0.3, -0.25) is 0 Å². The molecule has 4 atom stereocenters. The van der Waals surface area contributed by atoms with Crippen molar-refractivity contribution < 1.29 is 42.8 Å². The van der Waals surface area contributed by atoms with Crippen LogP contribution in [0.2, 0.25) is 78.6 Å². The zero-order valence-corrected chi connectivity index (χ0v) is 40.5. The minimum atomic E-state index is -3.05. The van der Waals surface area contributed by atoms with Crippen LogP contribution >= 0.6 is 0 Å². The lowest BCUT2D eigenvalue weighted by Gasteiger charge is -2.41. The highest BCUT2D eigenvalue weighted by Gasteiger charge is 2.52. The van der Waals surface area contributed by atoms with Crippen molar-refractivity contribution in [2.75, 3.05) is 21.3 Å². The molecule has 278 valence electrons. The van der Waals surface area contributed by atoms with E-state index < -0.39 is 68.5 Å². The van der Waals surface area contributed by atoms with Crippen LogP contribution < -0.4 is 10.4 Å². The third kappa shape index (κ3) is 15.8. The van der Waals surface area contributed by atoms with Gasteiger partial charge >= 0.3 is 51.9 Å². The summed E-state index contributed by atoms with van der Waals surface area (Å²) in [4.78, 5) is 10.2. The van der Waals surface area contributed by atoms with Crippen LogP contribution in [-0.4, -0.2) is 94.6 Å². The number of benzene rings is 2. The minimum absolute atomic E-state index is 1.00. The summed E-state index contributed by atoms with van der Waals surface area (Å²) in [6, 6.07) is 20.0. The molecule has 0 fully saturated rings. The molecule has 2 aromatic rings. The zero-order chi connectivity index (χ0) is 38.0. The zero-order valence-electron chi connectivity index (χ0n) is 32.5. The standard InChI is InChI=1S/C16H32O5Si4.C15H30O5Si4/c1-10-22(4,5)19-24(8,16-14-12-11-13-15-16)21-25(9,18-3)20-23(6,7)17-2;1-9-21(3,4)18-23(7,15-13-11-10-12-14-15)20-24(8,17-2)19-22(5,6)16/h10-15H,1H2,2-9H3;9-14,16H,1H2,2-8H3. The van der Waals surface area contributed by atoms with E-state index in [0.29, 0.717) is 0 Å². The molecule has 18 heteroatoms. The summed E-state index contributed by atoms with van der Waals surface area (Å²) >= 11 is 0. The van der Waals surface area contributed by atoms with Crippen LogP contribution in [0.5, 0.6) is 0 Å². The Balaban J connectivity index is 0.000000490. The van der Waals surface area contributed by atoms with Gasteiger partial charge in [-0.15, -0.1) is 13.2 Å². The summed E-state index contributed by atoms with van der Waals surface area (Å²) in [7, 11) is -16.1. The van der Waals surface area contributed by atoms with Gasteiger partial charge in [0.2, 0.25) is 0 Å². The number of hydrogen-bond acceptors (Lipinski definition) is 10. The predicted molar refractivity (Wildman–Crippen MR) is 219 cm³/mol. The van der Waals surface area contributed by atoms with Gasteiger partial charge in [-0.25, -0.2) is 0 Å². The minimum Gasteiger partial charge on any atom is -0.430 e. The molecule has 10 nitrogen and oxygen atoms in total. The Bertz CT molecular complexity index is 1320. The second-order valence-corrected chi connectivity index (χ2v) is 41.5. The van der Waals surface area contributed by atoms with Gasteiger partial charge in [-0.05, 0) is 75.8 Å². The van der Waals surface area contributed by atoms with E-state index in [1.165, 1.54) is 0 Å². The van der Waals surface area contributed by atoms with Gasteiger partial charge in [0.25, 0.3) is 0 Å². The van der Waals surface area contributed by atoms with Gasteiger partial charge in [0.15, 0.2) is 16.6 Å². The second kappa shape index (κ2) is 18.3. The summed E-state index contributed by atoms with van der Waals surface area (Å²) in [6.45, 7) is 31.3. The van der Waals surface area contributed by atoms with Gasteiger partial charge in [0.1, 0.15) is 0 Å². The fourth-order valence-electron chi connectivity index (χ4n) is 4.70. The SMILES string of the molecule is C=C[Si](C)(C)O[Si](C)(O[Si](C)(OC)O[Si](C)(C)O)c1ccccc1.C=C[Si](C)(C)O[Si](C)(O[Si](C)(OC)O[Si](C)(C)OC)c1ccccc1. The summed E-state index contributed by atoms with van der Waals surface area (Å²) in [5, 5.41) is 2.05. The topological polar surface area (TPSA) is 103 Å². The van der Waals surface area contributed by atoms with Gasteiger partial charge in [-0.2, -0.15) is 0 Å². The quantitative estimate of drug-likeness (QED) is 0.161.